The molecule has 4 aliphatic rings. The van der Waals surface area contributed by atoms with Crippen LogP contribution in [0.3, 0.4) is 0 Å². The zero-order valence-electron chi connectivity index (χ0n) is 20.8. The monoisotopic (exact) mass is 430 g/mol. The van der Waals surface area contributed by atoms with E-state index in [9.17, 15) is 10.1 Å². The summed E-state index contributed by atoms with van der Waals surface area (Å²) < 4.78 is 0. The molecule has 0 saturated heterocycles. The standard InChI is InChI=1S/C28H46O3/c1-17(2)18(3)7-8-19(4)22-9-10-23-21-16-26(31-30)25-15-20(29)11-13-28(25,6)24(21)12-14-27(22,23)5/h15,17-19,21-24,26,30H,7-14,16H2,1-6H3/t18-,19-,21+,22-,23+,24+,26+,27-,28-/m1/s1. The lowest BCUT2D eigenvalue weighted by Gasteiger charge is -2.59. The number of carbonyl (C=O) groups is 1. The average molecular weight is 431 g/mol. The molecule has 4 rings (SSSR count). The summed E-state index contributed by atoms with van der Waals surface area (Å²) in [5, 5.41) is 9.78. The maximum atomic E-state index is 12.2. The number of fused-ring (bicyclic) bond motifs is 5. The van der Waals surface area contributed by atoms with E-state index in [4.69, 9.17) is 4.89 Å². The fourth-order valence-corrected chi connectivity index (χ4v) is 8.71. The summed E-state index contributed by atoms with van der Waals surface area (Å²) in [6, 6.07) is 0. The molecule has 4 aliphatic carbocycles. The van der Waals surface area contributed by atoms with Crippen molar-refractivity contribution in [3.8, 4) is 0 Å². The highest BCUT2D eigenvalue weighted by Gasteiger charge is 2.61. The average Bonchev–Trinajstić information content (AvgIpc) is 3.09. The van der Waals surface area contributed by atoms with E-state index in [2.05, 4.69) is 41.5 Å². The van der Waals surface area contributed by atoms with Gasteiger partial charge in [0, 0.05) is 6.42 Å². The molecule has 9 atom stereocenters. The van der Waals surface area contributed by atoms with Crippen LogP contribution < -0.4 is 0 Å². The third kappa shape index (κ3) is 3.86. The van der Waals surface area contributed by atoms with Crippen molar-refractivity contribution in [2.24, 2.45) is 52.3 Å². The molecule has 0 heterocycles. The second-order valence-corrected chi connectivity index (χ2v) is 12.7. The topological polar surface area (TPSA) is 46.5 Å². The highest BCUT2D eigenvalue weighted by Crippen LogP contribution is 2.67. The van der Waals surface area contributed by atoms with Crippen molar-refractivity contribution in [2.75, 3.05) is 0 Å². The highest BCUT2D eigenvalue weighted by molar-refractivity contribution is 5.91. The van der Waals surface area contributed by atoms with E-state index in [1.807, 2.05) is 6.08 Å². The molecular weight excluding hydrogens is 384 g/mol. The van der Waals surface area contributed by atoms with Crippen LogP contribution >= 0.6 is 0 Å². The van der Waals surface area contributed by atoms with Crippen LogP contribution in [0.4, 0.5) is 0 Å². The molecule has 0 amide bonds. The molecule has 3 saturated carbocycles. The number of hydrogen-bond donors (Lipinski definition) is 1. The number of ketones is 1. The van der Waals surface area contributed by atoms with Gasteiger partial charge in [-0.05, 0) is 102 Å². The Labute approximate surface area is 190 Å². The predicted molar refractivity (Wildman–Crippen MR) is 125 cm³/mol. The van der Waals surface area contributed by atoms with E-state index in [1.54, 1.807) is 0 Å². The Kier molecular flexibility index (Phi) is 6.51. The minimum Gasteiger partial charge on any atom is -0.295 e. The molecule has 0 aromatic carbocycles. The van der Waals surface area contributed by atoms with Crippen LogP contribution in [0.2, 0.25) is 0 Å². The van der Waals surface area contributed by atoms with Crippen LogP contribution in [0.15, 0.2) is 11.6 Å². The first kappa shape index (κ1) is 23.5. The van der Waals surface area contributed by atoms with Crippen molar-refractivity contribution >= 4 is 5.78 Å². The van der Waals surface area contributed by atoms with Gasteiger partial charge in [0.2, 0.25) is 0 Å². The van der Waals surface area contributed by atoms with Gasteiger partial charge < -0.3 is 0 Å². The Morgan fingerprint density at radius 3 is 2.48 bits per heavy atom. The minimum atomic E-state index is -0.291. The Balaban J connectivity index is 1.54. The molecule has 176 valence electrons. The Hall–Kier alpha value is -0.670. The fourth-order valence-electron chi connectivity index (χ4n) is 8.71. The van der Waals surface area contributed by atoms with E-state index in [0.29, 0.717) is 23.7 Å². The van der Waals surface area contributed by atoms with Gasteiger partial charge in [-0.2, -0.15) is 0 Å². The zero-order valence-corrected chi connectivity index (χ0v) is 20.8. The molecule has 1 N–H and O–H groups in total. The second-order valence-electron chi connectivity index (χ2n) is 12.7. The Bertz CT molecular complexity index is 711. The molecule has 3 fully saturated rings. The summed E-state index contributed by atoms with van der Waals surface area (Å²) in [7, 11) is 0. The number of carbonyl (C=O) groups excluding carboxylic acids is 1. The van der Waals surface area contributed by atoms with Gasteiger partial charge in [-0.3, -0.25) is 10.1 Å². The summed E-state index contributed by atoms with van der Waals surface area (Å²) in [6.07, 6.45) is 12.0. The summed E-state index contributed by atoms with van der Waals surface area (Å²) in [5.74, 6) is 5.38. The fraction of sp³-hybridized carbons (Fsp3) is 0.893. The van der Waals surface area contributed by atoms with Gasteiger partial charge in [-0.15, -0.1) is 0 Å². The number of hydrogen-bond acceptors (Lipinski definition) is 3. The molecular formula is C28H46O3. The maximum absolute atomic E-state index is 12.2. The lowest BCUT2D eigenvalue weighted by molar-refractivity contribution is -0.285. The molecule has 0 aliphatic heterocycles. The zero-order chi connectivity index (χ0) is 22.6. The van der Waals surface area contributed by atoms with Crippen molar-refractivity contribution in [1.29, 1.82) is 0 Å². The van der Waals surface area contributed by atoms with Gasteiger partial charge in [-0.25, -0.2) is 4.89 Å². The van der Waals surface area contributed by atoms with Gasteiger partial charge in [-0.1, -0.05) is 54.4 Å². The molecule has 0 spiro atoms. The Morgan fingerprint density at radius 2 is 1.81 bits per heavy atom. The largest absolute Gasteiger partial charge is 0.295 e. The van der Waals surface area contributed by atoms with Crippen molar-refractivity contribution in [2.45, 2.75) is 105 Å². The lowest BCUT2D eigenvalue weighted by atomic mass is 9.46. The smallest absolute Gasteiger partial charge is 0.155 e. The van der Waals surface area contributed by atoms with Crippen LogP contribution in [0, 0.1) is 52.3 Å². The molecule has 3 nitrogen and oxygen atoms in total. The van der Waals surface area contributed by atoms with Crippen LogP contribution in [-0.2, 0) is 9.68 Å². The highest BCUT2D eigenvalue weighted by atomic mass is 17.1. The number of rotatable bonds is 6. The molecule has 31 heavy (non-hydrogen) atoms. The van der Waals surface area contributed by atoms with Gasteiger partial charge in [0.1, 0.15) is 6.10 Å². The van der Waals surface area contributed by atoms with Gasteiger partial charge in [0.25, 0.3) is 0 Å². The van der Waals surface area contributed by atoms with Gasteiger partial charge >= 0.3 is 0 Å². The van der Waals surface area contributed by atoms with E-state index in [-0.39, 0.29) is 17.3 Å². The minimum absolute atomic E-state index is 0.0158. The SMILES string of the molecule is CC(C)[C@H](C)CC[C@@H](C)[C@H]1CC[C@H]2[C@@H]3C[C@H](OO)C4=CC(=O)CC[C@]4(C)[C@H]3CC[C@]12C. The van der Waals surface area contributed by atoms with Crippen LogP contribution in [-0.4, -0.2) is 17.1 Å². The first-order valence-corrected chi connectivity index (χ1v) is 13.2. The summed E-state index contributed by atoms with van der Waals surface area (Å²) in [6.45, 7) is 14.6. The van der Waals surface area contributed by atoms with Crippen LogP contribution in [0.1, 0.15) is 99.3 Å². The third-order valence-electron chi connectivity index (χ3n) is 11.1. The summed E-state index contributed by atoms with van der Waals surface area (Å²) in [4.78, 5) is 17.2. The quantitative estimate of drug-likeness (QED) is 0.355. The van der Waals surface area contributed by atoms with Crippen molar-refractivity contribution in [3.05, 3.63) is 11.6 Å². The molecule has 0 aromatic rings. The van der Waals surface area contributed by atoms with Gasteiger partial charge in [0.15, 0.2) is 5.78 Å². The van der Waals surface area contributed by atoms with Crippen molar-refractivity contribution in [3.63, 3.8) is 0 Å². The molecule has 3 heteroatoms. The van der Waals surface area contributed by atoms with E-state index >= 15 is 0 Å². The second kappa shape index (κ2) is 8.60. The normalized spacial score (nSPS) is 44.3. The molecule has 0 unspecified atom stereocenters. The Morgan fingerprint density at radius 1 is 1.06 bits per heavy atom. The van der Waals surface area contributed by atoms with E-state index in [1.165, 1.54) is 38.5 Å². The third-order valence-corrected chi connectivity index (χ3v) is 11.1. The van der Waals surface area contributed by atoms with Crippen molar-refractivity contribution < 1.29 is 14.9 Å². The molecule has 0 aromatic heterocycles. The van der Waals surface area contributed by atoms with Crippen molar-refractivity contribution in [1.82, 2.24) is 0 Å². The lowest BCUT2D eigenvalue weighted by Crippen LogP contribution is -2.54. The molecule has 0 radical (unpaired) electrons. The first-order valence-electron chi connectivity index (χ1n) is 13.2. The first-order chi connectivity index (χ1) is 14.6. The summed E-state index contributed by atoms with van der Waals surface area (Å²) in [5.41, 5.74) is 1.52. The van der Waals surface area contributed by atoms with Crippen LogP contribution in [0.5, 0.6) is 0 Å². The van der Waals surface area contributed by atoms with E-state index < -0.39 is 0 Å². The van der Waals surface area contributed by atoms with Gasteiger partial charge in [0.05, 0.1) is 0 Å². The van der Waals surface area contributed by atoms with E-state index in [0.717, 1.165) is 48.0 Å². The summed E-state index contributed by atoms with van der Waals surface area (Å²) >= 11 is 0. The predicted octanol–water partition coefficient (Wildman–Crippen LogP) is 7.31. The molecule has 0 bridgehead atoms. The maximum Gasteiger partial charge on any atom is 0.155 e. The van der Waals surface area contributed by atoms with Crippen LogP contribution in [0.25, 0.3) is 0 Å².